The smallest absolute Gasteiger partial charge is 0.322 e. The molecule has 12 heteroatoms. The van der Waals surface area contributed by atoms with Gasteiger partial charge in [0.25, 0.3) is 0 Å². The summed E-state index contributed by atoms with van der Waals surface area (Å²) in [6, 6.07) is -3.50. The first kappa shape index (κ1) is 25.3. The molecule has 28 heavy (non-hydrogen) atoms. The number of nitrogens with two attached hydrogens (primary N) is 2. The number of hydrogen-bond acceptors (Lipinski definition) is 7. The topological polar surface area (TPSA) is 214 Å². The standard InChI is InChI=1S/C16H29N5O7/c1-3-8(2)13(21-14(26)9(17)7-22)16(28)20-10(4-5-11(18)23)15(27)19-6-12(24)25/h8-10,13,22H,3-7,17H2,1-2H3,(H2,18,23)(H,19,27)(H,20,28)(H,21,26)(H,24,25). The minimum absolute atomic E-state index is 0.149. The van der Waals surface area contributed by atoms with Crippen LogP contribution in [-0.2, 0) is 24.0 Å². The Morgan fingerprint density at radius 1 is 1.04 bits per heavy atom. The van der Waals surface area contributed by atoms with E-state index in [-0.39, 0.29) is 18.8 Å². The number of amides is 4. The van der Waals surface area contributed by atoms with Crippen LogP contribution >= 0.6 is 0 Å². The molecule has 4 atom stereocenters. The number of carbonyl (C=O) groups excluding carboxylic acids is 4. The summed E-state index contributed by atoms with van der Waals surface area (Å²) in [5, 5.41) is 24.6. The fourth-order valence-electron chi connectivity index (χ4n) is 2.15. The highest BCUT2D eigenvalue weighted by Crippen LogP contribution is 2.09. The van der Waals surface area contributed by atoms with E-state index in [0.717, 1.165) is 0 Å². The number of aliphatic hydroxyl groups is 1. The van der Waals surface area contributed by atoms with E-state index >= 15 is 0 Å². The fraction of sp³-hybridized carbons (Fsp3) is 0.688. The molecule has 12 nitrogen and oxygen atoms in total. The molecule has 0 bridgehead atoms. The lowest BCUT2D eigenvalue weighted by molar-refractivity contribution is -0.139. The zero-order chi connectivity index (χ0) is 21.9. The summed E-state index contributed by atoms with van der Waals surface area (Å²) in [6.07, 6.45) is 0.134. The molecule has 0 radical (unpaired) electrons. The van der Waals surface area contributed by atoms with Crippen LogP contribution in [0.1, 0.15) is 33.1 Å². The van der Waals surface area contributed by atoms with Crippen molar-refractivity contribution < 1.29 is 34.2 Å². The molecule has 0 aromatic rings. The van der Waals surface area contributed by atoms with Gasteiger partial charge in [-0.15, -0.1) is 0 Å². The summed E-state index contributed by atoms with van der Waals surface area (Å²) < 4.78 is 0. The molecule has 0 aliphatic carbocycles. The van der Waals surface area contributed by atoms with Gasteiger partial charge in [0.05, 0.1) is 6.61 Å². The van der Waals surface area contributed by atoms with Gasteiger partial charge in [0, 0.05) is 6.42 Å². The monoisotopic (exact) mass is 403 g/mol. The number of primary amides is 1. The molecule has 0 aromatic carbocycles. The van der Waals surface area contributed by atoms with Gasteiger partial charge in [-0.2, -0.15) is 0 Å². The van der Waals surface area contributed by atoms with Crippen LogP contribution in [0, 0.1) is 5.92 Å². The molecule has 0 saturated heterocycles. The largest absolute Gasteiger partial charge is 0.480 e. The minimum atomic E-state index is -1.28. The Balaban J connectivity index is 5.30. The van der Waals surface area contributed by atoms with Gasteiger partial charge in [-0.1, -0.05) is 20.3 Å². The van der Waals surface area contributed by atoms with E-state index in [0.29, 0.717) is 6.42 Å². The molecular formula is C16H29N5O7. The Bertz CT molecular complexity index is 584. The van der Waals surface area contributed by atoms with Crippen LogP contribution < -0.4 is 27.4 Å². The van der Waals surface area contributed by atoms with Crippen molar-refractivity contribution >= 4 is 29.6 Å². The van der Waals surface area contributed by atoms with Crippen LogP contribution in [-0.4, -0.2) is 71.1 Å². The Hall–Kier alpha value is -2.73. The van der Waals surface area contributed by atoms with E-state index in [4.69, 9.17) is 21.7 Å². The molecule has 0 saturated carbocycles. The fourth-order valence-corrected chi connectivity index (χ4v) is 2.15. The minimum Gasteiger partial charge on any atom is -0.480 e. The van der Waals surface area contributed by atoms with Crippen LogP contribution in [0.5, 0.6) is 0 Å². The van der Waals surface area contributed by atoms with Gasteiger partial charge in [-0.25, -0.2) is 0 Å². The molecule has 0 heterocycles. The number of aliphatic hydroxyl groups excluding tert-OH is 1. The van der Waals surface area contributed by atoms with E-state index in [1.807, 2.05) is 0 Å². The van der Waals surface area contributed by atoms with E-state index in [1.54, 1.807) is 13.8 Å². The lowest BCUT2D eigenvalue weighted by atomic mass is 9.97. The van der Waals surface area contributed by atoms with Gasteiger partial charge in [0.2, 0.25) is 23.6 Å². The molecule has 9 N–H and O–H groups in total. The number of nitrogens with one attached hydrogen (secondary N) is 3. The molecule has 4 amide bonds. The predicted octanol–water partition coefficient (Wildman–Crippen LogP) is -3.21. The Kier molecular flexibility index (Phi) is 11.4. The van der Waals surface area contributed by atoms with E-state index < -0.39 is 60.9 Å². The van der Waals surface area contributed by atoms with Gasteiger partial charge < -0.3 is 37.6 Å². The van der Waals surface area contributed by atoms with Crippen molar-refractivity contribution in [2.24, 2.45) is 17.4 Å². The second-order valence-electron chi connectivity index (χ2n) is 6.34. The highest BCUT2D eigenvalue weighted by Gasteiger charge is 2.31. The van der Waals surface area contributed by atoms with Gasteiger partial charge in [-0.3, -0.25) is 24.0 Å². The molecule has 0 rings (SSSR count). The van der Waals surface area contributed by atoms with Crippen LogP contribution in [0.3, 0.4) is 0 Å². The molecule has 0 aliphatic heterocycles. The van der Waals surface area contributed by atoms with Crippen LogP contribution in [0.15, 0.2) is 0 Å². The third kappa shape index (κ3) is 9.28. The summed E-state index contributed by atoms with van der Waals surface area (Å²) in [6.45, 7) is 2.20. The SMILES string of the molecule is CCC(C)C(NC(=O)C(N)CO)C(=O)NC(CCC(N)=O)C(=O)NCC(=O)O. The van der Waals surface area contributed by atoms with Crippen LogP contribution in [0.25, 0.3) is 0 Å². The summed E-state index contributed by atoms with van der Waals surface area (Å²) in [5.41, 5.74) is 10.5. The third-order valence-electron chi connectivity index (χ3n) is 4.05. The number of carboxylic acids is 1. The Morgan fingerprint density at radius 2 is 1.64 bits per heavy atom. The van der Waals surface area contributed by atoms with Crippen molar-refractivity contribution in [3.05, 3.63) is 0 Å². The lowest BCUT2D eigenvalue weighted by Gasteiger charge is -2.27. The highest BCUT2D eigenvalue weighted by molar-refractivity contribution is 5.94. The first-order valence-corrected chi connectivity index (χ1v) is 8.78. The van der Waals surface area contributed by atoms with Crippen molar-refractivity contribution in [2.45, 2.75) is 51.2 Å². The third-order valence-corrected chi connectivity index (χ3v) is 4.05. The Morgan fingerprint density at radius 3 is 2.11 bits per heavy atom. The number of rotatable bonds is 13. The summed E-state index contributed by atoms with van der Waals surface area (Å²) in [4.78, 5) is 58.4. The maximum Gasteiger partial charge on any atom is 0.322 e. The summed E-state index contributed by atoms with van der Waals surface area (Å²) in [5.74, 6) is -4.59. The number of aliphatic carboxylic acids is 1. The zero-order valence-corrected chi connectivity index (χ0v) is 15.9. The van der Waals surface area contributed by atoms with Gasteiger partial charge in [0.1, 0.15) is 24.7 Å². The molecule has 0 spiro atoms. The van der Waals surface area contributed by atoms with Gasteiger partial charge in [0.15, 0.2) is 0 Å². The number of hydrogen-bond donors (Lipinski definition) is 7. The summed E-state index contributed by atoms with van der Waals surface area (Å²) in [7, 11) is 0. The molecule has 0 fully saturated rings. The average Bonchev–Trinajstić information content (AvgIpc) is 2.65. The van der Waals surface area contributed by atoms with Crippen molar-refractivity contribution in [1.82, 2.24) is 16.0 Å². The maximum atomic E-state index is 12.6. The van der Waals surface area contributed by atoms with E-state index in [2.05, 4.69) is 16.0 Å². The molecule has 0 aromatic heterocycles. The normalized spacial score (nSPS) is 14.9. The van der Waals surface area contributed by atoms with Crippen molar-refractivity contribution in [3.8, 4) is 0 Å². The highest BCUT2D eigenvalue weighted by atomic mass is 16.4. The first-order chi connectivity index (χ1) is 13.0. The van der Waals surface area contributed by atoms with E-state index in [9.17, 15) is 24.0 Å². The second-order valence-corrected chi connectivity index (χ2v) is 6.34. The molecule has 4 unspecified atom stereocenters. The van der Waals surface area contributed by atoms with Crippen molar-refractivity contribution in [3.63, 3.8) is 0 Å². The van der Waals surface area contributed by atoms with Gasteiger partial charge >= 0.3 is 5.97 Å². The average molecular weight is 403 g/mol. The predicted molar refractivity (Wildman–Crippen MR) is 97.5 cm³/mol. The van der Waals surface area contributed by atoms with Crippen LogP contribution in [0.4, 0.5) is 0 Å². The maximum absolute atomic E-state index is 12.6. The Labute approximate surface area is 162 Å². The van der Waals surface area contributed by atoms with E-state index in [1.165, 1.54) is 0 Å². The quantitative estimate of drug-likeness (QED) is 0.166. The number of carboxylic acid groups (broad SMARTS) is 1. The van der Waals surface area contributed by atoms with Gasteiger partial charge in [-0.05, 0) is 12.3 Å². The van der Waals surface area contributed by atoms with Crippen molar-refractivity contribution in [1.29, 1.82) is 0 Å². The molecule has 160 valence electrons. The number of carbonyl (C=O) groups is 5. The summed E-state index contributed by atoms with van der Waals surface area (Å²) >= 11 is 0. The van der Waals surface area contributed by atoms with Crippen LogP contribution in [0.2, 0.25) is 0 Å². The second kappa shape index (κ2) is 12.6. The van der Waals surface area contributed by atoms with Crippen molar-refractivity contribution in [2.75, 3.05) is 13.2 Å². The molecule has 0 aliphatic rings. The lowest BCUT2D eigenvalue weighted by Crippen LogP contribution is -2.58. The molecular weight excluding hydrogens is 374 g/mol. The first-order valence-electron chi connectivity index (χ1n) is 8.78. The zero-order valence-electron chi connectivity index (χ0n) is 15.9.